The van der Waals surface area contributed by atoms with Crippen LogP contribution < -0.4 is 10.2 Å². The molecule has 3 aromatic rings. The lowest BCUT2D eigenvalue weighted by molar-refractivity contribution is -0.128. The molecule has 6 nitrogen and oxygen atoms in total. The zero-order valence-electron chi connectivity index (χ0n) is 15.1. The van der Waals surface area contributed by atoms with Crippen LogP contribution in [0.4, 0.5) is 15.8 Å². The Labute approximate surface area is 155 Å². The molecule has 0 saturated heterocycles. The topological polar surface area (TPSA) is 67.2 Å². The number of nitrogens with one attached hydrogen (secondary N) is 1. The molecule has 2 heterocycles. The molecule has 7 heteroatoms. The first-order chi connectivity index (χ1) is 13.0. The molecule has 0 spiro atoms. The maximum atomic E-state index is 14.4. The van der Waals surface area contributed by atoms with Gasteiger partial charge in [-0.3, -0.25) is 9.59 Å². The molecule has 1 unspecified atom stereocenters. The number of Topliss-reactive ketones (excluding diaryl/α,β-unsaturated/α-hetero) is 1. The molecule has 0 aliphatic carbocycles. The first-order valence-corrected chi connectivity index (χ1v) is 8.71. The number of aromatic nitrogens is 2. The van der Waals surface area contributed by atoms with Gasteiger partial charge in [0.2, 0.25) is 5.91 Å². The highest BCUT2D eigenvalue weighted by molar-refractivity contribution is 6.12. The van der Waals surface area contributed by atoms with Crippen molar-refractivity contribution in [1.82, 2.24) is 9.55 Å². The molecule has 27 heavy (non-hydrogen) atoms. The summed E-state index contributed by atoms with van der Waals surface area (Å²) in [7, 11) is 3.61. The molecule has 138 valence electrons. The predicted molar refractivity (Wildman–Crippen MR) is 101 cm³/mol. The smallest absolute Gasteiger partial charge is 0.242 e. The SMILES string of the molecule is CN(C)c1ccc(NC(=O)C2C(=O)CCn3c2nc2ccccc23)c(F)c1. The first kappa shape index (κ1) is 17.2. The number of benzene rings is 2. The number of ketones is 1. The maximum Gasteiger partial charge on any atom is 0.242 e. The number of para-hydroxylation sites is 2. The largest absolute Gasteiger partial charge is 0.378 e. The van der Waals surface area contributed by atoms with E-state index in [4.69, 9.17) is 0 Å². The highest BCUT2D eigenvalue weighted by atomic mass is 19.1. The fourth-order valence-corrected chi connectivity index (χ4v) is 3.41. The highest BCUT2D eigenvalue weighted by Crippen LogP contribution is 2.30. The Bertz CT molecular complexity index is 1060. The number of imidazole rings is 1. The summed E-state index contributed by atoms with van der Waals surface area (Å²) in [6, 6.07) is 12.1. The summed E-state index contributed by atoms with van der Waals surface area (Å²) in [5.74, 6) is -1.95. The molecule has 0 bridgehead atoms. The molecule has 1 aliphatic rings. The minimum atomic E-state index is -1.04. The molecule has 0 fully saturated rings. The number of nitrogens with zero attached hydrogens (tertiary/aromatic N) is 3. The summed E-state index contributed by atoms with van der Waals surface area (Å²) in [5.41, 5.74) is 2.36. The van der Waals surface area contributed by atoms with Crippen molar-refractivity contribution in [1.29, 1.82) is 0 Å². The number of aryl methyl sites for hydroxylation is 1. The number of carbonyl (C=O) groups is 2. The van der Waals surface area contributed by atoms with Crippen LogP contribution in [0.5, 0.6) is 0 Å². The predicted octanol–water partition coefficient (Wildman–Crippen LogP) is 2.94. The van der Waals surface area contributed by atoms with Crippen molar-refractivity contribution in [3.8, 4) is 0 Å². The van der Waals surface area contributed by atoms with Crippen LogP contribution >= 0.6 is 0 Å². The van der Waals surface area contributed by atoms with Crippen molar-refractivity contribution in [2.24, 2.45) is 0 Å². The fourth-order valence-electron chi connectivity index (χ4n) is 3.41. The van der Waals surface area contributed by atoms with Gasteiger partial charge < -0.3 is 14.8 Å². The maximum absolute atomic E-state index is 14.4. The molecule has 1 N–H and O–H groups in total. The zero-order valence-corrected chi connectivity index (χ0v) is 15.1. The Morgan fingerprint density at radius 2 is 2.04 bits per heavy atom. The van der Waals surface area contributed by atoms with Gasteiger partial charge in [0.15, 0.2) is 11.7 Å². The Morgan fingerprint density at radius 1 is 1.26 bits per heavy atom. The minimum Gasteiger partial charge on any atom is -0.378 e. The van der Waals surface area contributed by atoms with Crippen molar-refractivity contribution < 1.29 is 14.0 Å². The van der Waals surface area contributed by atoms with Crippen LogP contribution in [0.2, 0.25) is 0 Å². The van der Waals surface area contributed by atoms with Crippen molar-refractivity contribution in [2.75, 3.05) is 24.3 Å². The third-order valence-electron chi connectivity index (χ3n) is 4.84. The molecular formula is C20H19FN4O2. The minimum absolute atomic E-state index is 0.0478. The van der Waals surface area contributed by atoms with Gasteiger partial charge >= 0.3 is 0 Å². The van der Waals surface area contributed by atoms with Crippen LogP contribution in [0.1, 0.15) is 18.2 Å². The van der Waals surface area contributed by atoms with Crippen molar-refractivity contribution >= 4 is 34.1 Å². The second kappa shape index (κ2) is 6.50. The van der Waals surface area contributed by atoms with Gasteiger partial charge in [-0.15, -0.1) is 0 Å². The van der Waals surface area contributed by atoms with E-state index >= 15 is 0 Å². The van der Waals surface area contributed by atoms with Gasteiger partial charge in [0.05, 0.1) is 16.7 Å². The van der Waals surface area contributed by atoms with E-state index in [1.165, 1.54) is 12.1 Å². The quantitative estimate of drug-likeness (QED) is 0.724. The van der Waals surface area contributed by atoms with Crippen molar-refractivity contribution in [2.45, 2.75) is 18.9 Å². The lowest BCUT2D eigenvalue weighted by atomic mass is 9.96. The Hall–Kier alpha value is -3.22. The molecule has 0 saturated carbocycles. The summed E-state index contributed by atoms with van der Waals surface area (Å²) in [6.45, 7) is 0.490. The summed E-state index contributed by atoms with van der Waals surface area (Å²) >= 11 is 0. The Morgan fingerprint density at radius 3 is 2.78 bits per heavy atom. The van der Waals surface area contributed by atoms with E-state index in [0.29, 0.717) is 18.1 Å². The number of amides is 1. The number of hydrogen-bond acceptors (Lipinski definition) is 4. The second-order valence-electron chi connectivity index (χ2n) is 6.81. The number of carbonyl (C=O) groups excluding carboxylic acids is 2. The highest BCUT2D eigenvalue weighted by Gasteiger charge is 2.36. The van der Waals surface area contributed by atoms with Gasteiger partial charge in [-0.1, -0.05) is 12.1 Å². The lowest BCUT2D eigenvalue weighted by Crippen LogP contribution is -2.34. The van der Waals surface area contributed by atoms with E-state index in [1.54, 1.807) is 25.1 Å². The Balaban J connectivity index is 1.67. The van der Waals surface area contributed by atoms with Gasteiger partial charge in [0.1, 0.15) is 11.6 Å². The average molecular weight is 366 g/mol. The van der Waals surface area contributed by atoms with Gasteiger partial charge in [-0.25, -0.2) is 9.37 Å². The number of hydrogen-bond donors (Lipinski definition) is 1. The van der Waals surface area contributed by atoms with Crippen LogP contribution in [0.3, 0.4) is 0 Å². The van der Waals surface area contributed by atoms with Crippen LogP contribution in [0, 0.1) is 5.82 Å². The monoisotopic (exact) mass is 366 g/mol. The van der Waals surface area contributed by atoms with E-state index in [9.17, 15) is 14.0 Å². The number of anilines is 2. The molecular weight excluding hydrogens is 347 g/mol. The van der Waals surface area contributed by atoms with Gasteiger partial charge in [-0.05, 0) is 30.3 Å². The van der Waals surface area contributed by atoms with E-state index in [0.717, 1.165) is 11.0 Å². The molecule has 0 radical (unpaired) electrons. The molecule has 1 aromatic heterocycles. The molecule has 2 aromatic carbocycles. The van der Waals surface area contributed by atoms with Crippen LogP contribution in [-0.2, 0) is 16.1 Å². The summed E-state index contributed by atoms with van der Waals surface area (Å²) in [6.07, 6.45) is 0.244. The molecule has 1 amide bonds. The zero-order chi connectivity index (χ0) is 19.1. The van der Waals surface area contributed by atoms with E-state index in [-0.39, 0.29) is 17.9 Å². The van der Waals surface area contributed by atoms with E-state index in [2.05, 4.69) is 10.3 Å². The van der Waals surface area contributed by atoms with Crippen LogP contribution in [-0.4, -0.2) is 35.3 Å². The fraction of sp³-hybridized carbons (Fsp3) is 0.250. The molecule has 1 atom stereocenters. The summed E-state index contributed by atoms with van der Waals surface area (Å²) in [4.78, 5) is 31.6. The van der Waals surface area contributed by atoms with Crippen molar-refractivity contribution in [3.05, 3.63) is 54.1 Å². The third kappa shape index (κ3) is 2.95. The van der Waals surface area contributed by atoms with Gasteiger partial charge in [0.25, 0.3) is 0 Å². The number of halogens is 1. The average Bonchev–Trinajstić information content (AvgIpc) is 3.01. The van der Waals surface area contributed by atoms with Gasteiger partial charge in [0, 0.05) is 32.7 Å². The third-order valence-corrected chi connectivity index (χ3v) is 4.84. The second-order valence-corrected chi connectivity index (χ2v) is 6.81. The normalized spacial score (nSPS) is 16.3. The number of rotatable bonds is 3. The molecule has 1 aliphatic heterocycles. The van der Waals surface area contributed by atoms with Gasteiger partial charge in [-0.2, -0.15) is 0 Å². The molecule has 4 rings (SSSR count). The van der Waals surface area contributed by atoms with Crippen molar-refractivity contribution in [3.63, 3.8) is 0 Å². The standard InChI is InChI=1S/C20H19FN4O2/c1-24(2)12-7-8-14(13(21)11-12)23-20(27)18-17(26)9-10-25-16-6-4-3-5-15(16)22-19(18)25/h3-8,11,18H,9-10H2,1-2H3,(H,23,27). The summed E-state index contributed by atoms with van der Waals surface area (Å²) in [5, 5.41) is 2.56. The van der Waals surface area contributed by atoms with Crippen LogP contribution in [0.15, 0.2) is 42.5 Å². The van der Waals surface area contributed by atoms with E-state index < -0.39 is 17.6 Å². The summed E-state index contributed by atoms with van der Waals surface area (Å²) < 4.78 is 16.2. The van der Waals surface area contributed by atoms with E-state index in [1.807, 2.05) is 28.8 Å². The lowest BCUT2D eigenvalue weighted by Gasteiger charge is -2.22. The van der Waals surface area contributed by atoms with Crippen LogP contribution in [0.25, 0.3) is 11.0 Å². The number of fused-ring (bicyclic) bond motifs is 3. The first-order valence-electron chi connectivity index (χ1n) is 8.71. The Kier molecular flexibility index (Phi) is 4.14.